The Morgan fingerprint density at radius 3 is 2.58 bits per heavy atom. The average Bonchev–Trinajstić information content (AvgIpc) is 2.32. The molecule has 1 aromatic carbocycles. The van der Waals surface area contributed by atoms with Crippen LogP contribution < -0.4 is 0 Å². The minimum atomic E-state index is -0.378. The first-order valence-electron chi connectivity index (χ1n) is 6.84. The Hall–Kier alpha value is -0.890. The van der Waals surface area contributed by atoms with E-state index >= 15 is 0 Å². The van der Waals surface area contributed by atoms with Gasteiger partial charge in [0.15, 0.2) is 0 Å². The summed E-state index contributed by atoms with van der Waals surface area (Å²) < 4.78 is 13.7. The normalized spacial score (nSPS) is 19.4. The van der Waals surface area contributed by atoms with E-state index in [1.54, 1.807) is 12.1 Å². The summed E-state index contributed by atoms with van der Waals surface area (Å²) in [6.45, 7) is 4.49. The minimum absolute atomic E-state index is 0.100. The molecule has 0 atom stereocenters. The topological polar surface area (TPSA) is 17.1 Å². The summed E-state index contributed by atoms with van der Waals surface area (Å²) in [5, 5.41) is 0.369. The number of hydrogen-bond donors (Lipinski definition) is 0. The van der Waals surface area contributed by atoms with Crippen molar-refractivity contribution in [3.8, 4) is 0 Å². The van der Waals surface area contributed by atoms with E-state index in [1.807, 2.05) is 0 Å². The first-order chi connectivity index (χ1) is 8.87. The van der Waals surface area contributed by atoms with Crippen LogP contribution in [0, 0.1) is 17.2 Å². The molecule has 19 heavy (non-hydrogen) atoms. The molecule has 1 saturated carbocycles. The lowest BCUT2D eigenvalue weighted by molar-refractivity contribution is -0.123. The third-order valence-corrected chi connectivity index (χ3v) is 4.41. The molecule has 0 unspecified atom stereocenters. The molecular weight excluding hydrogens is 263 g/mol. The van der Waals surface area contributed by atoms with Crippen molar-refractivity contribution in [3.63, 3.8) is 0 Å². The van der Waals surface area contributed by atoms with Gasteiger partial charge in [-0.25, -0.2) is 4.39 Å². The van der Waals surface area contributed by atoms with Gasteiger partial charge in [-0.3, -0.25) is 4.79 Å². The molecule has 1 aliphatic rings. The lowest BCUT2D eigenvalue weighted by Gasteiger charge is -2.33. The van der Waals surface area contributed by atoms with Gasteiger partial charge >= 0.3 is 0 Å². The van der Waals surface area contributed by atoms with Crippen molar-refractivity contribution in [2.24, 2.45) is 11.3 Å². The molecule has 1 aromatic rings. The molecule has 0 aromatic heterocycles. The molecule has 1 aliphatic carbocycles. The highest BCUT2D eigenvalue weighted by Crippen LogP contribution is 2.38. The summed E-state index contributed by atoms with van der Waals surface area (Å²) >= 11 is 5.71. The molecule has 2 rings (SSSR count). The van der Waals surface area contributed by atoms with Crippen LogP contribution in [0.1, 0.15) is 45.1 Å². The highest BCUT2D eigenvalue weighted by Gasteiger charge is 2.30. The Kier molecular flexibility index (Phi) is 4.29. The maximum absolute atomic E-state index is 13.7. The van der Waals surface area contributed by atoms with E-state index in [2.05, 4.69) is 13.8 Å². The lowest BCUT2D eigenvalue weighted by Crippen LogP contribution is -2.27. The number of benzene rings is 1. The third-order valence-electron chi connectivity index (χ3n) is 4.17. The summed E-state index contributed by atoms with van der Waals surface area (Å²) in [5.41, 5.74) is 0.807. The number of rotatable bonds is 3. The maximum Gasteiger partial charge on any atom is 0.140 e. The smallest absolute Gasteiger partial charge is 0.140 e. The van der Waals surface area contributed by atoms with Gasteiger partial charge in [0.05, 0.1) is 0 Å². The zero-order valence-corrected chi connectivity index (χ0v) is 12.3. The number of ketones is 1. The first kappa shape index (κ1) is 14.5. The van der Waals surface area contributed by atoms with Crippen LogP contribution in [0.25, 0.3) is 0 Å². The van der Waals surface area contributed by atoms with E-state index in [0.717, 1.165) is 25.7 Å². The van der Waals surface area contributed by atoms with E-state index in [9.17, 15) is 9.18 Å². The van der Waals surface area contributed by atoms with E-state index in [-0.39, 0.29) is 23.9 Å². The quantitative estimate of drug-likeness (QED) is 0.778. The van der Waals surface area contributed by atoms with Gasteiger partial charge in [-0.2, -0.15) is 0 Å². The zero-order valence-electron chi connectivity index (χ0n) is 11.5. The van der Waals surface area contributed by atoms with Crippen molar-refractivity contribution in [2.45, 2.75) is 46.0 Å². The van der Waals surface area contributed by atoms with Crippen molar-refractivity contribution < 1.29 is 9.18 Å². The van der Waals surface area contributed by atoms with Crippen LogP contribution in [-0.2, 0) is 11.2 Å². The molecule has 1 fully saturated rings. The molecule has 0 aliphatic heterocycles. The van der Waals surface area contributed by atoms with Crippen LogP contribution in [-0.4, -0.2) is 5.78 Å². The SMILES string of the molecule is CC1(C)CCC(C(=O)Cc2ccc(Cl)cc2F)CC1. The fourth-order valence-corrected chi connectivity index (χ4v) is 2.88. The standard InChI is InChI=1S/C16H20ClFO/c1-16(2)7-5-11(6-8-16)15(19)9-12-3-4-13(17)10-14(12)18/h3-4,10-11H,5-9H2,1-2H3. The number of halogens is 2. The highest BCUT2D eigenvalue weighted by atomic mass is 35.5. The Morgan fingerprint density at radius 2 is 2.00 bits per heavy atom. The number of hydrogen-bond acceptors (Lipinski definition) is 1. The van der Waals surface area contributed by atoms with E-state index in [4.69, 9.17) is 11.6 Å². The molecule has 0 saturated heterocycles. The first-order valence-corrected chi connectivity index (χ1v) is 7.22. The Labute approximate surface area is 119 Å². The monoisotopic (exact) mass is 282 g/mol. The van der Waals surface area contributed by atoms with E-state index in [0.29, 0.717) is 16.0 Å². The van der Waals surface area contributed by atoms with E-state index in [1.165, 1.54) is 6.07 Å². The summed E-state index contributed by atoms with van der Waals surface area (Å²) in [6.07, 6.45) is 4.20. The maximum atomic E-state index is 13.7. The molecule has 0 heterocycles. The second-order valence-corrected chi connectivity index (χ2v) is 6.75. The molecule has 0 radical (unpaired) electrons. The van der Waals surface area contributed by atoms with Crippen LogP contribution in [0.3, 0.4) is 0 Å². The number of Topliss-reactive ketones (excluding diaryl/α,β-unsaturated/α-hetero) is 1. The van der Waals surface area contributed by atoms with Gasteiger partial charge in [0.2, 0.25) is 0 Å². The Bertz CT molecular complexity index is 472. The summed E-state index contributed by atoms with van der Waals surface area (Å²) in [7, 11) is 0. The predicted octanol–water partition coefficient (Wildman–Crippen LogP) is 4.81. The molecule has 1 nitrogen and oxygen atoms in total. The van der Waals surface area contributed by atoms with Crippen LogP contribution in [0.5, 0.6) is 0 Å². The molecule has 0 N–H and O–H groups in total. The van der Waals surface area contributed by atoms with Crippen molar-refractivity contribution in [2.75, 3.05) is 0 Å². The predicted molar refractivity (Wildman–Crippen MR) is 75.9 cm³/mol. The van der Waals surface area contributed by atoms with Gasteiger partial charge in [-0.1, -0.05) is 31.5 Å². The summed E-state index contributed by atoms with van der Waals surface area (Å²) in [6, 6.07) is 4.52. The van der Waals surface area contributed by atoms with Crippen molar-refractivity contribution in [1.29, 1.82) is 0 Å². The van der Waals surface area contributed by atoms with Gasteiger partial charge in [-0.15, -0.1) is 0 Å². The lowest BCUT2D eigenvalue weighted by atomic mass is 9.71. The number of carbonyl (C=O) groups is 1. The third kappa shape index (κ3) is 3.79. The van der Waals surface area contributed by atoms with Crippen molar-refractivity contribution >= 4 is 17.4 Å². The van der Waals surface area contributed by atoms with Crippen LogP contribution in [0.2, 0.25) is 5.02 Å². The molecule has 0 spiro atoms. The van der Waals surface area contributed by atoms with Gasteiger partial charge in [0.25, 0.3) is 0 Å². The second kappa shape index (κ2) is 5.62. The van der Waals surface area contributed by atoms with Gasteiger partial charge in [-0.05, 0) is 48.8 Å². The van der Waals surface area contributed by atoms with Crippen LogP contribution >= 0.6 is 11.6 Å². The van der Waals surface area contributed by atoms with Gasteiger partial charge in [0.1, 0.15) is 11.6 Å². The fraction of sp³-hybridized carbons (Fsp3) is 0.562. The van der Waals surface area contributed by atoms with Gasteiger partial charge in [0, 0.05) is 17.4 Å². The zero-order chi connectivity index (χ0) is 14.0. The molecule has 104 valence electrons. The van der Waals surface area contributed by atoms with E-state index < -0.39 is 0 Å². The van der Waals surface area contributed by atoms with Crippen LogP contribution in [0.4, 0.5) is 4.39 Å². The molecule has 3 heteroatoms. The van der Waals surface area contributed by atoms with Crippen molar-refractivity contribution in [3.05, 3.63) is 34.6 Å². The summed E-state index contributed by atoms with van der Waals surface area (Å²) in [4.78, 5) is 12.2. The number of carbonyl (C=O) groups excluding carboxylic acids is 1. The van der Waals surface area contributed by atoms with Crippen molar-refractivity contribution in [1.82, 2.24) is 0 Å². The highest BCUT2D eigenvalue weighted by molar-refractivity contribution is 6.30. The largest absolute Gasteiger partial charge is 0.299 e. The molecular formula is C16H20ClFO. The molecule has 0 amide bonds. The Morgan fingerprint density at radius 1 is 1.37 bits per heavy atom. The second-order valence-electron chi connectivity index (χ2n) is 6.32. The minimum Gasteiger partial charge on any atom is -0.299 e. The fourth-order valence-electron chi connectivity index (χ4n) is 2.72. The van der Waals surface area contributed by atoms with Crippen LogP contribution in [0.15, 0.2) is 18.2 Å². The average molecular weight is 283 g/mol. The van der Waals surface area contributed by atoms with Gasteiger partial charge < -0.3 is 0 Å². The molecule has 0 bridgehead atoms. The Balaban J connectivity index is 1.98. The summed E-state index contributed by atoms with van der Waals surface area (Å²) in [5.74, 6) is -0.114.